The van der Waals surface area contributed by atoms with Crippen molar-refractivity contribution in [1.82, 2.24) is 0 Å². The third-order valence-corrected chi connectivity index (χ3v) is 4.49. The van der Waals surface area contributed by atoms with Crippen molar-refractivity contribution < 1.29 is 5.11 Å². The van der Waals surface area contributed by atoms with E-state index >= 15 is 0 Å². The van der Waals surface area contributed by atoms with Crippen LogP contribution in [0.2, 0.25) is 0 Å². The molecule has 1 aromatic rings. The molecule has 0 radical (unpaired) electrons. The molecule has 92 valence electrons. The van der Waals surface area contributed by atoms with Crippen molar-refractivity contribution in [1.29, 1.82) is 0 Å². The zero-order valence-electron chi connectivity index (χ0n) is 10.4. The summed E-state index contributed by atoms with van der Waals surface area (Å²) in [4.78, 5) is 0. The third kappa shape index (κ3) is 2.06. The third-order valence-electron chi connectivity index (χ3n) is 4.49. The molecule has 0 heterocycles. The first-order valence-corrected chi connectivity index (χ1v) is 6.77. The minimum Gasteiger partial charge on any atom is -0.389 e. The Morgan fingerprint density at radius 2 is 2.06 bits per heavy atom. The predicted molar refractivity (Wildman–Crippen MR) is 69.9 cm³/mol. The molecule has 3 rings (SSSR count). The minimum absolute atomic E-state index is 0.391. The summed E-state index contributed by atoms with van der Waals surface area (Å²) in [6, 6.07) is 8.78. The lowest BCUT2D eigenvalue weighted by molar-refractivity contribution is 0.200. The second-order valence-electron chi connectivity index (χ2n) is 5.69. The average Bonchev–Trinajstić information content (AvgIpc) is 2.91. The van der Waals surface area contributed by atoms with E-state index in [9.17, 15) is 5.11 Å². The number of fused-ring (bicyclic) bond motifs is 2. The first-order valence-electron chi connectivity index (χ1n) is 6.77. The van der Waals surface area contributed by atoms with Gasteiger partial charge in [0.1, 0.15) is 0 Å². The Bertz CT molecular complexity index is 402. The molecule has 1 aromatic carbocycles. The maximum atomic E-state index is 9.77. The monoisotopic (exact) mass is 231 g/mol. The molecule has 0 aliphatic heterocycles. The van der Waals surface area contributed by atoms with Crippen LogP contribution in [0.5, 0.6) is 0 Å². The largest absolute Gasteiger partial charge is 0.389 e. The fourth-order valence-electron chi connectivity index (χ4n) is 3.61. The molecule has 2 bridgehead atoms. The quantitative estimate of drug-likeness (QED) is 0.836. The van der Waals surface area contributed by atoms with E-state index in [0.717, 1.165) is 23.1 Å². The van der Waals surface area contributed by atoms with Crippen LogP contribution in [0.15, 0.2) is 24.3 Å². The number of aliphatic hydroxyl groups excluding tert-OH is 1. The molecule has 2 saturated carbocycles. The van der Waals surface area contributed by atoms with Gasteiger partial charge in [-0.15, -0.1) is 0 Å². The van der Waals surface area contributed by atoms with Crippen molar-refractivity contribution >= 4 is 5.69 Å². The van der Waals surface area contributed by atoms with Gasteiger partial charge in [0.2, 0.25) is 0 Å². The summed E-state index contributed by atoms with van der Waals surface area (Å²) < 4.78 is 0. The number of hydrogen-bond donors (Lipinski definition) is 2. The van der Waals surface area contributed by atoms with Gasteiger partial charge in [-0.05, 0) is 44.1 Å². The summed E-state index contributed by atoms with van der Waals surface area (Å²) in [7, 11) is 0. The van der Waals surface area contributed by atoms with Crippen molar-refractivity contribution in [2.24, 2.45) is 11.8 Å². The Morgan fingerprint density at radius 3 is 2.71 bits per heavy atom. The second kappa shape index (κ2) is 4.34. The highest BCUT2D eigenvalue weighted by Gasteiger charge is 2.39. The molecule has 2 nitrogen and oxygen atoms in total. The van der Waals surface area contributed by atoms with E-state index in [1.54, 1.807) is 0 Å². The maximum Gasteiger partial charge on any atom is 0.0781 e. The van der Waals surface area contributed by atoms with Crippen molar-refractivity contribution in [2.45, 2.75) is 44.8 Å². The van der Waals surface area contributed by atoms with E-state index in [1.165, 1.54) is 25.7 Å². The maximum absolute atomic E-state index is 9.77. The molecule has 0 aromatic heterocycles. The number of para-hydroxylation sites is 1. The molecule has 0 saturated heterocycles. The number of hydrogen-bond acceptors (Lipinski definition) is 2. The van der Waals surface area contributed by atoms with Gasteiger partial charge in [0.15, 0.2) is 0 Å². The smallest absolute Gasteiger partial charge is 0.0781 e. The molecule has 0 amide bonds. The van der Waals surface area contributed by atoms with Crippen molar-refractivity contribution in [3.8, 4) is 0 Å². The van der Waals surface area contributed by atoms with Crippen LogP contribution in [0.3, 0.4) is 0 Å². The van der Waals surface area contributed by atoms with E-state index in [-0.39, 0.29) is 0 Å². The van der Waals surface area contributed by atoms with Gasteiger partial charge < -0.3 is 10.4 Å². The lowest BCUT2D eigenvalue weighted by atomic mass is 9.94. The average molecular weight is 231 g/mol. The lowest BCUT2D eigenvalue weighted by Crippen LogP contribution is -2.26. The molecule has 2 aliphatic rings. The predicted octanol–water partition coefficient (Wildman–Crippen LogP) is 3.34. The summed E-state index contributed by atoms with van der Waals surface area (Å²) in [5, 5.41) is 13.4. The highest BCUT2D eigenvalue weighted by molar-refractivity contribution is 5.53. The van der Waals surface area contributed by atoms with E-state index in [4.69, 9.17) is 0 Å². The summed E-state index contributed by atoms with van der Waals surface area (Å²) in [5.74, 6) is 1.82. The highest BCUT2D eigenvalue weighted by Crippen LogP contribution is 2.45. The summed E-state index contributed by atoms with van der Waals surface area (Å²) >= 11 is 0. The van der Waals surface area contributed by atoms with Crippen LogP contribution in [-0.4, -0.2) is 11.1 Å². The molecule has 17 heavy (non-hydrogen) atoms. The number of anilines is 1. The molecular formula is C15H21NO. The van der Waals surface area contributed by atoms with Crippen LogP contribution < -0.4 is 5.32 Å². The molecule has 4 unspecified atom stereocenters. The molecular weight excluding hydrogens is 210 g/mol. The number of aliphatic hydroxyl groups is 1. The summed E-state index contributed by atoms with van der Waals surface area (Å²) in [5.41, 5.74) is 2.15. The van der Waals surface area contributed by atoms with E-state index in [1.807, 2.05) is 25.1 Å². The van der Waals surface area contributed by atoms with Gasteiger partial charge in [-0.1, -0.05) is 24.6 Å². The molecule has 2 N–H and O–H groups in total. The van der Waals surface area contributed by atoms with Crippen LogP contribution in [0, 0.1) is 11.8 Å². The molecule has 2 aliphatic carbocycles. The van der Waals surface area contributed by atoms with Gasteiger partial charge in [0.25, 0.3) is 0 Å². The van der Waals surface area contributed by atoms with Crippen LogP contribution in [0.4, 0.5) is 5.69 Å². The molecule has 2 fully saturated rings. The van der Waals surface area contributed by atoms with Gasteiger partial charge in [-0.3, -0.25) is 0 Å². The SMILES string of the molecule is CC(O)c1ccccc1NC1CC2CCC1C2. The Kier molecular flexibility index (Phi) is 2.83. The van der Waals surface area contributed by atoms with Crippen LogP contribution >= 0.6 is 0 Å². The van der Waals surface area contributed by atoms with Gasteiger partial charge >= 0.3 is 0 Å². The fraction of sp³-hybridized carbons (Fsp3) is 0.600. The van der Waals surface area contributed by atoms with Gasteiger partial charge in [0, 0.05) is 17.3 Å². The van der Waals surface area contributed by atoms with E-state index < -0.39 is 6.10 Å². The van der Waals surface area contributed by atoms with Crippen molar-refractivity contribution in [2.75, 3.05) is 5.32 Å². The number of benzene rings is 1. The van der Waals surface area contributed by atoms with Gasteiger partial charge in [-0.2, -0.15) is 0 Å². The van der Waals surface area contributed by atoms with Crippen LogP contribution in [0.1, 0.15) is 44.3 Å². The zero-order valence-corrected chi connectivity index (χ0v) is 10.4. The number of rotatable bonds is 3. The van der Waals surface area contributed by atoms with Gasteiger partial charge in [0.05, 0.1) is 6.10 Å². The Morgan fingerprint density at radius 1 is 1.24 bits per heavy atom. The van der Waals surface area contributed by atoms with Crippen molar-refractivity contribution in [3.05, 3.63) is 29.8 Å². The van der Waals surface area contributed by atoms with Crippen molar-refractivity contribution in [3.63, 3.8) is 0 Å². The van der Waals surface area contributed by atoms with Gasteiger partial charge in [-0.25, -0.2) is 0 Å². The van der Waals surface area contributed by atoms with E-state index in [0.29, 0.717) is 6.04 Å². The molecule has 0 spiro atoms. The molecule has 2 heteroatoms. The van der Waals surface area contributed by atoms with Crippen LogP contribution in [0.25, 0.3) is 0 Å². The highest BCUT2D eigenvalue weighted by atomic mass is 16.3. The zero-order chi connectivity index (χ0) is 11.8. The summed E-state index contributed by atoms with van der Waals surface area (Å²) in [6.07, 6.45) is 5.16. The second-order valence-corrected chi connectivity index (χ2v) is 5.69. The standard InChI is InChI=1S/C15H21NO/c1-10(17)13-4-2-3-5-14(13)16-15-9-11-6-7-12(15)8-11/h2-5,10-12,15-17H,6-9H2,1H3. The first kappa shape index (κ1) is 11.1. The first-order chi connectivity index (χ1) is 8.24. The lowest BCUT2D eigenvalue weighted by Gasteiger charge is -2.25. The topological polar surface area (TPSA) is 32.3 Å². The van der Waals surface area contributed by atoms with Crippen LogP contribution in [-0.2, 0) is 0 Å². The Labute approximate surface area is 103 Å². The normalized spacial score (nSPS) is 32.7. The fourth-order valence-corrected chi connectivity index (χ4v) is 3.61. The van der Waals surface area contributed by atoms with E-state index in [2.05, 4.69) is 11.4 Å². The Hall–Kier alpha value is -1.02. The minimum atomic E-state index is -0.391. The number of nitrogens with one attached hydrogen (secondary N) is 1. The Balaban J connectivity index is 1.77. The molecule has 4 atom stereocenters. The summed E-state index contributed by atoms with van der Waals surface area (Å²) in [6.45, 7) is 1.83.